The lowest BCUT2D eigenvalue weighted by atomic mass is 9.74. The highest BCUT2D eigenvalue weighted by Gasteiger charge is 2.78. The average Bonchev–Trinajstić information content (AvgIpc) is 3.58. The van der Waals surface area contributed by atoms with E-state index >= 15 is 4.79 Å². The summed E-state index contributed by atoms with van der Waals surface area (Å²) < 4.78 is 24.8. The van der Waals surface area contributed by atoms with Gasteiger partial charge in [0.15, 0.2) is 6.29 Å². The fourth-order valence-corrected chi connectivity index (χ4v) is 6.63. The zero-order valence-corrected chi connectivity index (χ0v) is 23.9. The van der Waals surface area contributed by atoms with Gasteiger partial charge < -0.3 is 28.7 Å². The van der Waals surface area contributed by atoms with E-state index in [1.807, 2.05) is 54.6 Å². The van der Waals surface area contributed by atoms with Crippen molar-refractivity contribution < 1.29 is 28.5 Å². The number of methoxy groups -OCH3 is 2. The highest BCUT2D eigenvalue weighted by Crippen LogP contribution is 2.66. The molecule has 7 rings (SSSR count). The second kappa shape index (κ2) is 9.59. The van der Waals surface area contributed by atoms with E-state index in [1.54, 1.807) is 55.5 Å². The SMILES string of the molecule is COc1ccc(OC)c([C@H]2O[C@]3(C(=O)N(C)c4ccccc43)[C@]3(O2)C(=O)N(Cc2ccccc2)c2ccc(Cl)cc23)c1. The van der Waals surface area contributed by atoms with Gasteiger partial charge in [-0.2, -0.15) is 0 Å². The van der Waals surface area contributed by atoms with Gasteiger partial charge in [0.2, 0.25) is 11.2 Å². The number of likely N-dealkylation sites (N-methyl/N-ethyl adjacent to an activating group) is 1. The van der Waals surface area contributed by atoms with Gasteiger partial charge in [0.05, 0.1) is 37.7 Å². The van der Waals surface area contributed by atoms with E-state index in [0.29, 0.717) is 44.6 Å². The number of para-hydroxylation sites is 1. The van der Waals surface area contributed by atoms with E-state index in [2.05, 4.69) is 0 Å². The Hall–Kier alpha value is -4.37. The van der Waals surface area contributed by atoms with E-state index < -0.39 is 29.3 Å². The van der Waals surface area contributed by atoms with Crippen LogP contribution in [0.5, 0.6) is 11.5 Å². The van der Waals surface area contributed by atoms with E-state index in [9.17, 15) is 4.79 Å². The molecule has 3 aliphatic heterocycles. The lowest BCUT2D eigenvalue weighted by molar-refractivity contribution is -0.156. The second-order valence-electron chi connectivity index (χ2n) is 10.5. The quantitative estimate of drug-likeness (QED) is 0.300. The highest BCUT2D eigenvalue weighted by atomic mass is 35.5. The van der Waals surface area contributed by atoms with Crippen molar-refractivity contribution in [3.05, 3.63) is 118 Å². The molecule has 0 bridgehead atoms. The largest absolute Gasteiger partial charge is 0.497 e. The summed E-state index contributed by atoms with van der Waals surface area (Å²) in [5.41, 5.74) is -0.168. The molecule has 42 heavy (non-hydrogen) atoms. The lowest BCUT2D eigenvalue weighted by Crippen LogP contribution is -2.57. The maximum absolute atomic E-state index is 15.0. The predicted molar refractivity (Wildman–Crippen MR) is 157 cm³/mol. The van der Waals surface area contributed by atoms with Gasteiger partial charge in [0, 0.05) is 23.2 Å². The summed E-state index contributed by atoms with van der Waals surface area (Å²) in [4.78, 5) is 32.8. The number of benzene rings is 4. The van der Waals surface area contributed by atoms with Crippen LogP contribution in [0.1, 0.15) is 28.5 Å². The van der Waals surface area contributed by atoms with Gasteiger partial charge >= 0.3 is 0 Å². The summed E-state index contributed by atoms with van der Waals surface area (Å²) >= 11 is 6.58. The molecular formula is C33H27ClN2O6. The molecule has 0 radical (unpaired) electrons. The third kappa shape index (κ3) is 3.43. The first-order valence-electron chi connectivity index (χ1n) is 13.5. The molecule has 212 valence electrons. The third-order valence-electron chi connectivity index (χ3n) is 8.36. The normalized spacial score (nSPS) is 24.0. The molecule has 2 spiro atoms. The van der Waals surface area contributed by atoms with Crippen molar-refractivity contribution in [3.63, 3.8) is 0 Å². The molecule has 0 unspecified atom stereocenters. The molecule has 0 aliphatic carbocycles. The fraction of sp³-hybridized carbons (Fsp3) is 0.212. The van der Waals surface area contributed by atoms with Crippen LogP contribution in [0.3, 0.4) is 0 Å². The smallest absolute Gasteiger partial charge is 0.268 e. The van der Waals surface area contributed by atoms with Crippen LogP contribution < -0.4 is 19.3 Å². The topological polar surface area (TPSA) is 77.5 Å². The molecule has 3 atom stereocenters. The number of amides is 2. The number of anilines is 2. The number of fused-ring (bicyclic) bond motifs is 5. The minimum atomic E-state index is -1.90. The summed E-state index contributed by atoms with van der Waals surface area (Å²) in [6.07, 6.45) is -1.17. The Morgan fingerprint density at radius 1 is 0.786 bits per heavy atom. The number of carbonyl (C=O) groups excluding carboxylic acids is 2. The molecule has 9 heteroatoms. The van der Waals surface area contributed by atoms with Crippen molar-refractivity contribution in [2.24, 2.45) is 0 Å². The summed E-state index contributed by atoms with van der Waals surface area (Å²) in [6.45, 7) is 0.258. The molecule has 3 aliphatic rings. The monoisotopic (exact) mass is 582 g/mol. The van der Waals surface area contributed by atoms with Gasteiger partial charge in [-0.3, -0.25) is 9.59 Å². The lowest BCUT2D eigenvalue weighted by Gasteiger charge is -2.35. The van der Waals surface area contributed by atoms with Crippen LogP contribution in [0.15, 0.2) is 91.0 Å². The maximum Gasteiger partial charge on any atom is 0.268 e. The van der Waals surface area contributed by atoms with Crippen LogP contribution in [0.25, 0.3) is 0 Å². The van der Waals surface area contributed by atoms with Gasteiger partial charge in [0.25, 0.3) is 11.8 Å². The van der Waals surface area contributed by atoms with Gasteiger partial charge in [-0.05, 0) is 48.0 Å². The molecule has 1 saturated heterocycles. The third-order valence-corrected chi connectivity index (χ3v) is 8.60. The Balaban J connectivity index is 1.51. The minimum absolute atomic E-state index is 0.258. The summed E-state index contributed by atoms with van der Waals surface area (Å²) in [5.74, 6) is 0.147. The van der Waals surface area contributed by atoms with Crippen LogP contribution in [0, 0.1) is 0 Å². The Kier molecular flexibility index (Phi) is 6.06. The summed E-state index contributed by atoms with van der Waals surface area (Å²) in [6, 6.07) is 27.4. The van der Waals surface area contributed by atoms with E-state index in [-0.39, 0.29) is 6.54 Å². The van der Waals surface area contributed by atoms with Crippen LogP contribution in [-0.2, 0) is 36.8 Å². The Morgan fingerprint density at radius 3 is 2.24 bits per heavy atom. The molecule has 8 nitrogen and oxygen atoms in total. The van der Waals surface area contributed by atoms with Crippen molar-refractivity contribution in [2.75, 3.05) is 31.1 Å². The first-order valence-corrected chi connectivity index (χ1v) is 13.8. The molecular weight excluding hydrogens is 556 g/mol. The average molecular weight is 583 g/mol. The maximum atomic E-state index is 15.0. The molecule has 1 fully saturated rings. The van der Waals surface area contributed by atoms with Crippen molar-refractivity contribution in [1.29, 1.82) is 0 Å². The van der Waals surface area contributed by atoms with Crippen LogP contribution >= 0.6 is 11.6 Å². The van der Waals surface area contributed by atoms with Gasteiger partial charge in [-0.25, -0.2) is 0 Å². The number of ether oxygens (including phenoxy) is 4. The first kappa shape index (κ1) is 26.5. The van der Waals surface area contributed by atoms with Crippen LogP contribution in [0.2, 0.25) is 5.02 Å². The standard InChI is InChI=1S/C33H27ClN2O6/c1-35-26-12-8-7-11-24(26)32(30(35)37)33(42-29(41-32)23-18-22(39-2)14-16-28(23)40-3)25-17-21(34)13-15-27(25)36(31(33)38)19-20-9-5-4-6-10-20/h4-18,29H,19H2,1-3H3/t29-,32+,33+/m0/s1. The van der Waals surface area contributed by atoms with Crippen molar-refractivity contribution in [1.82, 2.24) is 0 Å². The Labute approximate surface area is 247 Å². The van der Waals surface area contributed by atoms with Crippen molar-refractivity contribution in [2.45, 2.75) is 24.0 Å². The van der Waals surface area contributed by atoms with Gasteiger partial charge in [-0.1, -0.05) is 60.1 Å². The number of nitrogens with zero attached hydrogens (tertiary/aromatic N) is 2. The van der Waals surface area contributed by atoms with Crippen LogP contribution in [0.4, 0.5) is 11.4 Å². The van der Waals surface area contributed by atoms with E-state index in [4.69, 9.17) is 30.5 Å². The molecule has 0 aromatic heterocycles. The number of rotatable bonds is 5. The van der Waals surface area contributed by atoms with Crippen LogP contribution in [-0.4, -0.2) is 33.1 Å². The van der Waals surface area contributed by atoms with E-state index in [1.165, 1.54) is 12.0 Å². The number of hydrogen-bond donors (Lipinski definition) is 0. The predicted octanol–water partition coefficient (Wildman–Crippen LogP) is 5.72. The van der Waals surface area contributed by atoms with Gasteiger partial charge in [0.1, 0.15) is 11.5 Å². The molecule has 0 saturated carbocycles. The molecule has 4 aromatic rings. The van der Waals surface area contributed by atoms with E-state index in [0.717, 1.165) is 5.56 Å². The Morgan fingerprint density at radius 2 is 1.50 bits per heavy atom. The molecule has 3 heterocycles. The molecule has 0 N–H and O–H groups in total. The summed E-state index contributed by atoms with van der Waals surface area (Å²) in [5, 5.41) is 0.399. The zero-order chi connectivity index (χ0) is 29.2. The second-order valence-corrected chi connectivity index (χ2v) is 10.9. The van der Waals surface area contributed by atoms with Crippen molar-refractivity contribution in [3.8, 4) is 11.5 Å². The van der Waals surface area contributed by atoms with Crippen molar-refractivity contribution >= 4 is 34.8 Å². The Bertz CT molecular complexity index is 1750. The van der Waals surface area contributed by atoms with Gasteiger partial charge in [-0.15, -0.1) is 0 Å². The highest BCUT2D eigenvalue weighted by molar-refractivity contribution is 6.31. The number of hydrogen-bond acceptors (Lipinski definition) is 6. The first-order chi connectivity index (χ1) is 20.4. The minimum Gasteiger partial charge on any atom is -0.497 e. The number of carbonyl (C=O) groups is 2. The molecule has 2 amide bonds. The summed E-state index contributed by atoms with van der Waals surface area (Å²) in [7, 11) is 4.76. The number of halogens is 1. The molecule has 4 aromatic carbocycles. The fourth-order valence-electron chi connectivity index (χ4n) is 6.46. The zero-order valence-electron chi connectivity index (χ0n) is 23.2.